The maximum Gasteiger partial charge on any atom is 0.269 e. The van der Waals surface area contributed by atoms with Crippen molar-refractivity contribution in [3.63, 3.8) is 0 Å². The van der Waals surface area contributed by atoms with Gasteiger partial charge in [-0.25, -0.2) is 22.4 Å². The molecule has 8 heteroatoms. The lowest BCUT2D eigenvalue weighted by atomic mass is 10.0. The molecule has 1 saturated heterocycles. The molecule has 0 saturated carbocycles. The Kier molecular flexibility index (Phi) is 5.19. The lowest BCUT2D eigenvalue weighted by Gasteiger charge is -2.33. The van der Waals surface area contributed by atoms with Gasteiger partial charge < -0.3 is 4.57 Å². The van der Waals surface area contributed by atoms with Crippen LogP contribution in [0.1, 0.15) is 24.4 Å². The molecule has 0 aliphatic carbocycles. The van der Waals surface area contributed by atoms with E-state index < -0.39 is 10.0 Å². The summed E-state index contributed by atoms with van der Waals surface area (Å²) in [4.78, 5) is 11.8. The molecule has 1 fully saturated rings. The average Bonchev–Trinajstić information content (AvgIpc) is 3.50. The van der Waals surface area contributed by atoms with E-state index in [1.54, 1.807) is 42.7 Å². The molecule has 4 heterocycles. The van der Waals surface area contributed by atoms with Crippen molar-refractivity contribution in [3.05, 3.63) is 91.0 Å². The summed E-state index contributed by atoms with van der Waals surface area (Å²) in [5.74, 6) is 0. The Morgan fingerprint density at radius 2 is 1.59 bits per heavy atom. The highest BCUT2D eigenvalue weighted by Crippen LogP contribution is 2.32. The smallest absolute Gasteiger partial charge is 0.269 e. The molecular weight excluding hydrogens is 446 g/mol. The molecule has 0 radical (unpaired) electrons. The number of benzene rings is 2. The number of hydrogen-bond donors (Lipinski definition) is 0. The van der Waals surface area contributed by atoms with Gasteiger partial charge in [-0.15, -0.1) is 0 Å². The molecule has 0 N–H and O–H groups in total. The summed E-state index contributed by atoms with van der Waals surface area (Å²) in [5.41, 5.74) is 3.50. The Bertz CT molecular complexity index is 1550. The van der Waals surface area contributed by atoms with Gasteiger partial charge in [0.05, 0.1) is 22.9 Å². The van der Waals surface area contributed by atoms with Crippen LogP contribution in [0.2, 0.25) is 0 Å². The number of pyridine rings is 1. The summed E-state index contributed by atoms with van der Waals surface area (Å²) in [6.45, 7) is 2.99. The summed E-state index contributed by atoms with van der Waals surface area (Å²) >= 11 is 0. The number of fused-ring (bicyclic) bond motifs is 3. The maximum absolute atomic E-state index is 13.3. The van der Waals surface area contributed by atoms with Gasteiger partial charge in [-0.05, 0) is 36.6 Å². The standard InChI is InChI=1S/C26H25N5O2S/c32-34(33,22-9-5-2-6-10-22)31-16-13-23-25-24(17-27-26(23)31)28-19-30(25)21-11-14-29(15-12-21)18-20-7-3-1-4-8-20/h1-10,13,16-17,19,21H,11-12,14-15,18H2. The van der Waals surface area contributed by atoms with Crippen molar-refractivity contribution in [1.82, 2.24) is 23.4 Å². The van der Waals surface area contributed by atoms with E-state index >= 15 is 0 Å². The van der Waals surface area contributed by atoms with Crippen LogP contribution in [0.25, 0.3) is 22.1 Å². The van der Waals surface area contributed by atoms with E-state index in [2.05, 4.69) is 43.7 Å². The van der Waals surface area contributed by atoms with Crippen molar-refractivity contribution in [2.45, 2.75) is 30.3 Å². The van der Waals surface area contributed by atoms with Crippen molar-refractivity contribution >= 4 is 32.1 Å². The molecule has 3 aromatic heterocycles. The van der Waals surface area contributed by atoms with Crippen LogP contribution < -0.4 is 0 Å². The lowest BCUT2D eigenvalue weighted by molar-refractivity contribution is 0.181. The van der Waals surface area contributed by atoms with Crippen LogP contribution >= 0.6 is 0 Å². The molecule has 2 aromatic carbocycles. The zero-order valence-corrected chi connectivity index (χ0v) is 19.5. The van der Waals surface area contributed by atoms with E-state index in [1.165, 1.54) is 9.54 Å². The summed E-state index contributed by atoms with van der Waals surface area (Å²) in [7, 11) is -3.73. The van der Waals surface area contributed by atoms with E-state index in [0.29, 0.717) is 11.7 Å². The molecule has 0 bridgehead atoms. The van der Waals surface area contributed by atoms with Crippen LogP contribution in [0.3, 0.4) is 0 Å². The van der Waals surface area contributed by atoms with Gasteiger partial charge in [-0.2, -0.15) is 0 Å². The van der Waals surface area contributed by atoms with Crippen molar-refractivity contribution in [1.29, 1.82) is 0 Å². The second-order valence-electron chi connectivity index (χ2n) is 8.80. The fourth-order valence-corrected chi connectivity index (χ4v) is 6.28. The minimum absolute atomic E-state index is 0.244. The Labute approximate surface area is 198 Å². The van der Waals surface area contributed by atoms with Gasteiger partial charge in [0.15, 0.2) is 5.65 Å². The molecule has 7 nitrogen and oxygen atoms in total. The van der Waals surface area contributed by atoms with Gasteiger partial charge in [-0.3, -0.25) is 4.90 Å². The van der Waals surface area contributed by atoms with E-state index in [-0.39, 0.29) is 4.90 Å². The molecule has 34 heavy (non-hydrogen) atoms. The first kappa shape index (κ1) is 21.1. The Hall–Kier alpha value is -3.49. The zero-order valence-electron chi connectivity index (χ0n) is 18.7. The Balaban J connectivity index is 1.32. The van der Waals surface area contributed by atoms with E-state index in [4.69, 9.17) is 0 Å². The predicted molar refractivity (Wildman–Crippen MR) is 132 cm³/mol. The SMILES string of the molecule is O=S(=O)(c1ccccc1)n1ccc2c3c(cnc21)ncn3C1CCN(Cc2ccccc2)CC1. The summed E-state index contributed by atoms with van der Waals surface area (Å²) in [6.07, 6.45) is 7.19. The third-order valence-corrected chi connectivity index (χ3v) is 8.39. The third kappa shape index (κ3) is 3.59. The summed E-state index contributed by atoms with van der Waals surface area (Å²) in [5, 5.41) is 0.807. The monoisotopic (exact) mass is 471 g/mol. The molecule has 0 unspecified atom stereocenters. The normalized spacial score (nSPS) is 15.9. The number of likely N-dealkylation sites (tertiary alicyclic amines) is 1. The second kappa shape index (κ2) is 8.38. The lowest BCUT2D eigenvalue weighted by Crippen LogP contribution is -2.34. The largest absolute Gasteiger partial charge is 0.327 e. The summed E-state index contributed by atoms with van der Waals surface area (Å²) < 4.78 is 30.0. The number of piperidine rings is 1. The minimum atomic E-state index is -3.73. The van der Waals surface area contributed by atoms with Crippen LogP contribution in [0.4, 0.5) is 0 Å². The molecule has 0 spiro atoms. The molecule has 6 rings (SSSR count). The van der Waals surface area contributed by atoms with Crippen molar-refractivity contribution in [2.75, 3.05) is 13.1 Å². The third-order valence-electron chi connectivity index (χ3n) is 6.71. The van der Waals surface area contributed by atoms with Crippen LogP contribution in [0.5, 0.6) is 0 Å². The number of rotatable bonds is 5. The van der Waals surface area contributed by atoms with Crippen LogP contribution in [-0.4, -0.2) is 44.9 Å². The molecule has 0 atom stereocenters. The number of imidazole rings is 1. The topological polar surface area (TPSA) is 73.0 Å². The molecular formula is C26H25N5O2S. The highest BCUT2D eigenvalue weighted by atomic mass is 32.2. The highest BCUT2D eigenvalue weighted by Gasteiger charge is 2.25. The van der Waals surface area contributed by atoms with Crippen molar-refractivity contribution in [2.24, 2.45) is 0 Å². The predicted octanol–water partition coefficient (Wildman–Crippen LogP) is 4.46. The van der Waals surface area contributed by atoms with Gasteiger partial charge in [0.2, 0.25) is 0 Å². The van der Waals surface area contributed by atoms with Gasteiger partial charge >= 0.3 is 0 Å². The van der Waals surface area contributed by atoms with Crippen LogP contribution in [-0.2, 0) is 16.6 Å². The number of hydrogen-bond acceptors (Lipinski definition) is 5. The van der Waals surface area contributed by atoms with Crippen molar-refractivity contribution < 1.29 is 8.42 Å². The molecule has 1 aliphatic heterocycles. The Morgan fingerprint density at radius 3 is 2.32 bits per heavy atom. The molecule has 0 amide bonds. The van der Waals surface area contributed by atoms with Crippen molar-refractivity contribution in [3.8, 4) is 0 Å². The average molecular weight is 472 g/mol. The van der Waals surface area contributed by atoms with E-state index in [9.17, 15) is 8.42 Å². The minimum Gasteiger partial charge on any atom is -0.327 e. The first-order valence-electron chi connectivity index (χ1n) is 11.5. The van der Waals surface area contributed by atoms with E-state index in [0.717, 1.165) is 48.9 Å². The van der Waals surface area contributed by atoms with Gasteiger partial charge in [-0.1, -0.05) is 48.5 Å². The zero-order chi connectivity index (χ0) is 23.1. The van der Waals surface area contributed by atoms with Gasteiger partial charge in [0.25, 0.3) is 10.0 Å². The first-order chi connectivity index (χ1) is 16.6. The van der Waals surface area contributed by atoms with Gasteiger partial charge in [0, 0.05) is 37.3 Å². The van der Waals surface area contributed by atoms with E-state index in [1.807, 2.05) is 18.5 Å². The number of aromatic nitrogens is 4. The van der Waals surface area contributed by atoms with Gasteiger partial charge in [0.1, 0.15) is 5.52 Å². The number of nitrogens with zero attached hydrogens (tertiary/aromatic N) is 5. The van der Waals surface area contributed by atoms with Crippen LogP contribution in [0, 0.1) is 0 Å². The second-order valence-corrected chi connectivity index (χ2v) is 10.6. The van der Waals surface area contributed by atoms with Crippen LogP contribution in [0.15, 0.2) is 90.3 Å². The molecule has 1 aliphatic rings. The molecule has 172 valence electrons. The Morgan fingerprint density at radius 1 is 0.882 bits per heavy atom. The maximum atomic E-state index is 13.3. The molecule has 5 aromatic rings. The fraction of sp³-hybridized carbons (Fsp3) is 0.231. The summed E-state index contributed by atoms with van der Waals surface area (Å²) in [6, 6.07) is 21.2. The first-order valence-corrected chi connectivity index (χ1v) is 12.9. The highest BCUT2D eigenvalue weighted by molar-refractivity contribution is 7.90. The fourth-order valence-electron chi connectivity index (χ4n) is 4.96. The quantitative estimate of drug-likeness (QED) is 0.378.